The van der Waals surface area contributed by atoms with E-state index in [0.29, 0.717) is 30.2 Å². The number of anilines is 3. The number of hydrogen-bond acceptors (Lipinski definition) is 7. The Morgan fingerprint density at radius 2 is 1.81 bits per heavy atom. The normalized spacial score (nSPS) is 12.2. The predicted octanol–water partition coefficient (Wildman–Crippen LogP) is 6.06. The van der Waals surface area contributed by atoms with E-state index in [1.807, 2.05) is 30.3 Å². The van der Waals surface area contributed by atoms with Crippen LogP contribution in [0.4, 0.5) is 17.2 Å². The van der Waals surface area contributed by atoms with Crippen molar-refractivity contribution in [3.63, 3.8) is 0 Å². The molecule has 8 nitrogen and oxygen atoms in total. The molecule has 222 valence electrons. The van der Waals surface area contributed by atoms with Crippen molar-refractivity contribution in [2.24, 2.45) is 7.05 Å². The lowest BCUT2D eigenvalue weighted by Crippen LogP contribution is -2.21. The van der Waals surface area contributed by atoms with Crippen LogP contribution < -0.4 is 26.2 Å². The quantitative estimate of drug-likeness (QED) is 0.163. The Hall–Kier alpha value is -4.14. The van der Waals surface area contributed by atoms with Gasteiger partial charge in [-0.1, -0.05) is 63.2 Å². The monoisotopic (exact) mass is 569 g/mol. The molecule has 0 radical (unpaired) electrons. The van der Waals surface area contributed by atoms with Crippen molar-refractivity contribution in [2.75, 3.05) is 30.9 Å². The van der Waals surface area contributed by atoms with E-state index in [2.05, 4.69) is 80.9 Å². The number of aryl methyl sites for hydroxylation is 1. The molecule has 1 unspecified atom stereocenters. The van der Waals surface area contributed by atoms with Crippen LogP contribution in [0.15, 0.2) is 71.7 Å². The highest BCUT2D eigenvalue weighted by Crippen LogP contribution is 2.31. The number of methoxy groups -OCH3 is 1. The second kappa shape index (κ2) is 13.2. The Morgan fingerprint density at radius 1 is 1.07 bits per heavy atom. The van der Waals surface area contributed by atoms with Gasteiger partial charge < -0.3 is 30.4 Å². The van der Waals surface area contributed by atoms with Gasteiger partial charge in [0.1, 0.15) is 5.75 Å². The highest BCUT2D eigenvalue weighted by Gasteiger charge is 2.16. The Balaban J connectivity index is 1.59. The molecule has 0 bridgehead atoms. The fourth-order valence-corrected chi connectivity index (χ4v) is 4.88. The molecule has 0 aliphatic carbocycles. The van der Waals surface area contributed by atoms with Gasteiger partial charge in [-0.2, -0.15) is 0 Å². The molecule has 4 aromatic rings. The number of hydrogen-bond donors (Lipinski definition) is 4. The van der Waals surface area contributed by atoms with Crippen LogP contribution in [0.1, 0.15) is 56.0 Å². The number of nitrogens with one attached hydrogen (secondary N) is 3. The molecule has 0 saturated carbocycles. The molecule has 1 aromatic heterocycles. The van der Waals surface area contributed by atoms with Gasteiger partial charge in [0.2, 0.25) is 0 Å². The first-order chi connectivity index (χ1) is 20.0. The molecule has 0 fully saturated rings. The maximum absolute atomic E-state index is 13.1. The van der Waals surface area contributed by atoms with Gasteiger partial charge >= 0.3 is 0 Å². The van der Waals surface area contributed by atoms with E-state index in [0.717, 1.165) is 22.4 Å². The number of aromatic nitrogens is 2. The number of benzene rings is 3. The van der Waals surface area contributed by atoms with Crippen molar-refractivity contribution in [1.82, 2.24) is 14.9 Å². The molecule has 0 saturated heterocycles. The smallest absolute Gasteiger partial charge is 0.293 e. The minimum absolute atomic E-state index is 0.0657. The maximum Gasteiger partial charge on any atom is 0.293 e. The standard InChI is InChI=1S/C34H43N5O3/c1-22-28(9-8-10-29(22)36-23(2)24-11-14-26(15-12-24)34(3,4)5)30-21-39(6)33(41)32(38-30)37-27-16-13-25(20-35-17-18-40)31(19-27)42-7/h8-16,19,21,23,35-36,40H,17-18,20H2,1-7H3,(H,37,38). The fourth-order valence-electron chi connectivity index (χ4n) is 4.88. The van der Waals surface area contributed by atoms with Gasteiger partial charge in [0.25, 0.3) is 5.56 Å². The molecule has 3 aromatic carbocycles. The molecular weight excluding hydrogens is 526 g/mol. The van der Waals surface area contributed by atoms with Crippen molar-refractivity contribution in [1.29, 1.82) is 0 Å². The lowest BCUT2D eigenvalue weighted by Gasteiger charge is -2.22. The van der Waals surface area contributed by atoms with Crippen LogP contribution in [-0.2, 0) is 19.0 Å². The molecule has 4 rings (SSSR count). The molecule has 0 spiro atoms. The van der Waals surface area contributed by atoms with Crippen LogP contribution in [0.5, 0.6) is 5.75 Å². The van der Waals surface area contributed by atoms with Gasteiger partial charge in [-0.3, -0.25) is 4.79 Å². The number of nitrogens with zero attached hydrogens (tertiary/aromatic N) is 2. The third kappa shape index (κ3) is 7.19. The van der Waals surface area contributed by atoms with E-state index in [1.54, 1.807) is 24.9 Å². The van der Waals surface area contributed by atoms with Crippen LogP contribution in [0, 0.1) is 6.92 Å². The van der Waals surface area contributed by atoms with Crippen molar-refractivity contribution < 1.29 is 9.84 Å². The lowest BCUT2D eigenvalue weighted by molar-refractivity contribution is 0.291. The van der Waals surface area contributed by atoms with Crippen LogP contribution in [-0.4, -0.2) is 34.9 Å². The van der Waals surface area contributed by atoms with Crippen molar-refractivity contribution in [3.8, 4) is 17.0 Å². The number of rotatable bonds is 11. The highest BCUT2D eigenvalue weighted by atomic mass is 16.5. The second-order valence-corrected chi connectivity index (χ2v) is 11.7. The first-order valence-electron chi connectivity index (χ1n) is 14.3. The second-order valence-electron chi connectivity index (χ2n) is 11.7. The summed E-state index contributed by atoms with van der Waals surface area (Å²) in [5.74, 6) is 0.906. The SMILES string of the molecule is COc1cc(Nc2nc(-c3cccc(NC(C)c4ccc(C(C)(C)C)cc4)c3C)cn(C)c2=O)ccc1CNCCO. The summed E-state index contributed by atoms with van der Waals surface area (Å²) in [6.45, 7) is 12.0. The van der Waals surface area contributed by atoms with Gasteiger partial charge in [-0.05, 0) is 48.1 Å². The topological polar surface area (TPSA) is 100 Å². The lowest BCUT2D eigenvalue weighted by atomic mass is 9.86. The summed E-state index contributed by atoms with van der Waals surface area (Å²) in [5.41, 5.74) is 7.75. The van der Waals surface area contributed by atoms with E-state index < -0.39 is 0 Å². The number of ether oxygens (including phenoxy) is 1. The van der Waals surface area contributed by atoms with Gasteiger partial charge in [0.15, 0.2) is 5.82 Å². The zero-order chi connectivity index (χ0) is 30.4. The average Bonchev–Trinajstić information content (AvgIpc) is 2.96. The van der Waals surface area contributed by atoms with E-state index in [-0.39, 0.29) is 29.4 Å². The van der Waals surface area contributed by atoms with Gasteiger partial charge in [0.05, 0.1) is 19.4 Å². The Labute approximate surface area is 248 Å². The number of aliphatic hydroxyl groups is 1. The fraction of sp³-hybridized carbons (Fsp3) is 0.353. The van der Waals surface area contributed by atoms with E-state index in [9.17, 15) is 4.79 Å². The van der Waals surface area contributed by atoms with Gasteiger partial charge in [-0.15, -0.1) is 0 Å². The summed E-state index contributed by atoms with van der Waals surface area (Å²) < 4.78 is 7.11. The first-order valence-corrected chi connectivity index (χ1v) is 14.3. The van der Waals surface area contributed by atoms with Crippen molar-refractivity contribution in [3.05, 3.63) is 99.5 Å². The van der Waals surface area contributed by atoms with Crippen LogP contribution in [0.2, 0.25) is 0 Å². The molecule has 0 amide bonds. The van der Waals surface area contributed by atoms with Crippen LogP contribution >= 0.6 is 0 Å². The zero-order valence-corrected chi connectivity index (χ0v) is 25.7. The Morgan fingerprint density at radius 3 is 2.48 bits per heavy atom. The summed E-state index contributed by atoms with van der Waals surface area (Å²) in [6, 6.07) is 20.7. The summed E-state index contributed by atoms with van der Waals surface area (Å²) in [4.78, 5) is 17.8. The molecular formula is C34H43N5O3. The summed E-state index contributed by atoms with van der Waals surface area (Å²) >= 11 is 0. The van der Waals surface area contributed by atoms with Crippen molar-refractivity contribution in [2.45, 2.75) is 52.6 Å². The summed E-state index contributed by atoms with van der Waals surface area (Å²) in [6.07, 6.45) is 1.77. The Bertz CT molecular complexity index is 1570. The molecule has 1 atom stereocenters. The molecule has 0 aliphatic heterocycles. The molecule has 42 heavy (non-hydrogen) atoms. The molecule has 4 N–H and O–H groups in total. The minimum atomic E-state index is -0.231. The first kappa shape index (κ1) is 30.8. The molecule has 1 heterocycles. The summed E-state index contributed by atoms with van der Waals surface area (Å²) in [5, 5.41) is 19.1. The van der Waals surface area contributed by atoms with Gasteiger partial charge in [0, 0.05) is 60.9 Å². The van der Waals surface area contributed by atoms with Crippen LogP contribution in [0.3, 0.4) is 0 Å². The third-order valence-corrected chi connectivity index (χ3v) is 7.48. The van der Waals surface area contributed by atoms with Crippen molar-refractivity contribution >= 4 is 17.2 Å². The third-order valence-electron chi connectivity index (χ3n) is 7.48. The average molecular weight is 570 g/mol. The number of aliphatic hydroxyl groups excluding tert-OH is 1. The van der Waals surface area contributed by atoms with Crippen LogP contribution in [0.25, 0.3) is 11.3 Å². The summed E-state index contributed by atoms with van der Waals surface area (Å²) in [7, 11) is 3.34. The largest absolute Gasteiger partial charge is 0.496 e. The zero-order valence-electron chi connectivity index (χ0n) is 25.7. The minimum Gasteiger partial charge on any atom is -0.496 e. The van der Waals surface area contributed by atoms with E-state index in [1.165, 1.54) is 11.1 Å². The molecule has 0 aliphatic rings. The molecule has 8 heteroatoms. The van der Waals surface area contributed by atoms with E-state index >= 15 is 0 Å². The Kier molecular flexibility index (Phi) is 9.70. The predicted molar refractivity (Wildman–Crippen MR) is 172 cm³/mol. The van der Waals surface area contributed by atoms with Gasteiger partial charge in [-0.25, -0.2) is 4.98 Å². The maximum atomic E-state index is 13.1. The van der Waals surface area contributed by atoms with E-state index in [4.69, 9.17) is 14.8 Å². The highest BCUT2D eigenvalue weighted by molar-refractivity contribution is 5.72.